The fraction of sp³-hybridized carbons (Fsp3) is 0.182. The Balaban J connectivity index is 1.34. The van der Waals surface area contributed by atoms with Gasteiger partial charge in [0.25, 0.3) is 17.1 Å². The minimum absolute atomic E-state index is 0.0398. The van der Waals surface area contributed by atoms with Crippen molar-refractivity contribution >= 4 is 46.5 Å². The molecule has 1 saturated heterocycles. The molecule has 0 unspecified atom stereocenters. The Bertz CT molecular complexity index is 1110. The third-order valence-corrected chi connectivity index (χ3v) is 5.83. The van der Waals surface area contributed by atoms with E-state index in [0.717, 1.165) is 22.2 Å². The van der Waals surface area contributed by atoms with E-state index in [9.17, 15) is 23.6 Å². The smallest absolute Gasteiger partial charge is 0.293 e. The van der Waals surface area contributed by atoms with Gasteiger partial charge in [0, 0.05) is 30.8 Å². The molecule has 0 radical (unpaired) electrons. The molecule has 2 aromatic rings. The van der Waals surface area contributed by atoms with Crippen LogP contribution in [-0.2, 0) is 16.0 Å². The van der Waals surface area contributed by atoms with Crippen LogP contribution in [0.25, 0.3) is 6.08 Å². The minimum Gasteiger partial charge on any atom is -0.350 e. The normalized spacial score (nSPS) is 17.0. The summed E-state index contributed by atoms with van der Waals surface area (Å²) in [5.41, 5.74) is 2.66. The first-order valence-corrected chi connectivity index (χ1v) is 10.4. The first-order valence-electron chi connectivity index (χ1n) is 9.62. The van der Waals surface area contributed by atoms with Crippen molar-refractivity contribution in [3.63, 3.8) is 0 Å². The number of nitrogens with one attached hydrogen (secondary N) is 2. The molecule has 2 aliphatic heterocycles. The lowest BCUT2D eigenvalue weighted by Gasteiger charge is -2.17. The monoisotopic (exact) mass is 439 g/mol. The summed E-state index contributed by atoms with van der Waals surface area (Å²) in [5, 5.41) is 5.05. The van der Waals surface area contributed by atoms with E-state index in [1.807, 2.05) is 0 Å². The Morgan fingerprint density at radius 1 is 1.13 bits per heavy atom. The number of rotatable bonds is 5. The van der Waals surface area contributed by atoms with Crippen LogP contribution in [0.1, 0.15) is 27.9 Å². The van der Waals surface area contributed by atoms with Crippen LogP contribution < -0.4 is 10.6 Å². The summed E-state index contributed by atoms with van der Waals surface area (Å²) in [6.07, 6.45) is 2.48. The average Bonchev–Trinajstić information content (AvgIpc) is 3.02. The highest BCUT2D eigenvalue weighted by molar-refractivity contribution is 8.18. The maximum atomic E-state index is 13.0. The van der Waals surface area contributed by atoms with E-state index < -0.39 is 11.1 Å². The van der Waals surface area contributed by atoms with Gasteiger partial charge in [0.2, 0.25) is 5.91 Å². The molecule has 0 aliphatic carbocycles. The number of benzene rings is 2. The van der Waals surface area contributed by atoms with Gasteiger partial charge in [0.15, 0.2) is 0 Å². The van der Waals surface area contributed by atoms with E-state index in [4.69, 9.17) is 0 Å². The SMILES string of the molecule is O=C1CCc2cc(C(=O)NCCN3C(=O)S/C(=C\c4ccc(F)cc4)C3=O)ccc2N1. The second-order valence-electron chi connectivity index (χ2n) is 7.06. The molecule has 2 aromatic carbocycles. The van der Waals surface area contributed by atoms with Gasteiger partial charge in [-0.1, -0.05) is 12.1 Å². The number of carbonyl (C=O) groups is 4. The average molecular weight is 439 g/mol. The van der Waals surface area contributed by atoms with Crippen LogP contribution >= 0.6 is 11.8 Å². The van der Waals surface area contributed by atoms with Gasteiger partial charge in [-0.25, -0.2) is 4.39 Å². The summed E-state index contributed by atoms with van der Waals surface area (Å²) in [6.45, 7) is 0.146. The van der Waals surface area contributed by atoms with Crippen LogP contribution in [0.3, 0.4) is 0 Å². The highest BCUT2D eigenvalue weighted by Crippen LogP contribution is 2.32. The molecule has 31 heavy (non-hydrogen) atoms. The Hall–Kier alpha value is -3.46. The van der Waals surface area contributed by atoms with Crippen LogP contribution in [-0.4, -0.2) is 41.0 Å². The summed E-state index contributed by atoms with van der Waals surface area (Å²) < 4.78 is 13.0. The van der Waals surface area contributed by atoms with Crippen LogP contribution in [0.15, 0.2) is 47.4 Å². The second kappa shape index (κ2) is 8.73. The number of anilines is 1. The predicted molar refractivity (Wildman–Crippen MR) is 115 cm³/mol. The molecule has 4 rings (SSSR count). The zero-order valence-electron chi connectivity index (χ0n) is 16.3. The largest absolute Gasteiger partial charge is 0.350 e. The summed E-state index contributed by atoms with van der Waals surface area (Å²) in [6, 6.07) is 10.6. The first-order chi connectivity index (χ1) is 14.9. The lowest BCUT2D eigenvalue weighted by molar-refractivity contribution is -0.122. The standard InChI is InChI=1S/C22H18FN3O4S/c23-16-5-1-13(2-6-16)11-18-21(29)26(22(30)31-18)10-9-24-20(28)15-3-7-17-14(12-15)4-8-19(27)25-17/h1-3,5-7,11-12H,4,8-10H2,(H,24,28)(H,25,27)/b18-11-. The van der Waals surface area contributed by atoms with Crippen molar-refractivity contribution < 1.29 is 23.6 Å². The van der Waals surface area contributed by atoms with Gasteiger partial charge in [-0.3, -0.25) is 24.1 Å². The van der Waals surface area contributed by atoms with Crippen molar-refractivity contribution in [2.75, 3.05) is 18.4 Å². The summed E-state index contributed by atoms with van der Waals surface area (Å²) in [5.74, 6) is -1.20. The van der Waals surface area contributed by atoms with E-state index in [1.165, 1.54) is 30.3 Å². The molecule has 0 saturated carbocycles. The van der Waals surface area contributed by atoms with E-state index >= 15 is 0 Å². The maximum absolute atomic E-state index is 13.0. The van der Waals surface area contributed by atoms with Gasteiger partial charge >= 0.3 is 0 Å². The number of amides is 4. The molecule has 4 amide bonds. The molecule has 0 bridgehead atoms. The zero-order valence-corrected chi connectivity index (χ0v) is 17.1. The van der Waals surface area contributed by atoms with Crippen molar-refractivity contribution in [2.45, 2.75) is 12.8 Å². The van der Waals surface area contributed by atoms with E-state index in [2.05, 4.69) is 10.6 Å². The number of thioether (sulfide) groups is 1. The molecule has 2 N–H and O–H groups in total. The number of imide groups is 1. The first kappa shape index (κ1) is 20.8. The molecule has 158 valence electrons. The molecule has 0 aromatic heterocycles. The molecule has 0 spiro atoms. The summed E-state index contributed by atoms with van der Waals surface area (Å²) in [4.78, 5) is 49.9. The fourth-order valence-electron chi connectivity index (χ4n) is 3.31. The summed E-state index contributed by atoms with van der Waals surface area (Å²) in [7, 11) is 0. The number of hydrogen-bond acceptors (Lipinski definition) is 5. The Morgan fingerprint density at radius 3 is 2.68 bits per heavy atom. The van der Waals surface area contributed by atoms with Gasteiger partial charge in [-0.2, -0.15) is 0 Å². The molecule has 1 fully saturated rings. The molecule has 0 atom stereocenters. The minimum atomic E-state index is -0.446. The number of hydrogen-bond donors (Lipinski definition) is 2. The lowest BCUT2D eigenvalue weighted by atomic mass is 10.00. The topological polar surface area (TPSA) is 95.6 Å². The maximum Gasteiger partial charge on any atom is 0.293 e. The van der Waals surface area contributed by atoms with Gasteiger partial charge in [-0.05, 0) is 65.7 Å². The Kier molecular flexibility index (Phi) is 5.85. The predicted octanol–water partition coefficient (Wildman–Crippen LogP) is 3.18. The van der Waals surface area contributed by atoms with Crippen LogP contribution in [0.2, 0.25) is 0 Å². The molecular formula is C22H18FN3O4S. The summed E-state index contributed by atoms with van der Waals surface area (Å²) >= 11 is 0.809. The lowest BCUT2D eigenvalue weighted by Crippen LogP contribution is -2.37. The van der Waals surface area contributed by atoms with E-state index in [0.29, 0.717) is 29.7 Å². The Morgan fingerprint density at radius 2 is 1.90 bits per heavy atom. The van der Waals surface area contributed by atoms with Crippen molar-refractivity contribution in [3.8, 4) is 0 Å². The van der Waals surface area contributed by atoms with Gasteiger partial charge in [-0.15, -0.1) is 0 Å². The highest BCUT2D eigenvalue weighted by atomic mass is 32.2. The molecule has 9 heteroatoms. The molecular weight excluding hydrogens is 421 g/mol. The van der Waals surface area contributed by atoms with E-state index in [-0.39, 0.29) is 35.6 Å². The number of nitrogens with zero attached hydrogens (tertiary/aromatic N) is 1. The van der Waals surface area contributed by atoms with Gasteiger partial charge in [0.05, 0.1) is 4.91 Å². The fourth-order valence-corrected chi connectivity index (χ4v) is 4.18. The number of fused-ring (bicyclic) bond motifs is 1. The quantitative estimate of drug-likeness (QED) is 0.698. The van der Waals surface area contributed by atoms with E-state index in [1.54, 1.807) is 18.2 Å². The van der Waals surface area contributed by atoms with Crippen molar-refractivity contribution in [1.29, 1.82) is 0 Å². The molecule has 2 heterocycles. The van der Waals surface area contributed by atoms with Gasteiger partial charge < -0.3 is 10.6 Å². The van der Waals surface area contributed by atoms with Crippen molar-refractivity contribution in [2.24, 2.45) is 0 Å². The molecule has 7 nitrogen and oxygen atoms in total. The van der Waals surface area contributed by atoms with Crippen molar-refractivity contribution in [1.82, 2.24) is 10.2 Å². The second-order valence-corrected chi connectivity index (χ2v) is 8.05. The Labute approximate surface area is 181 Å². The molecule has 2 aliphatic rings. The van der Waals surface area contributed by atoms with Crippen LogP contribution in [0.5, 0.6) is 0 Å². The third kappa shape index (κ3) is 4.66. The third-order valence-electron chi connectivity index (χ3n) is 4.93. The number of halogens is 1. The number of carbonyl (C=O) groups excluding carboxylic acids is 4. The zero-order chi connectivity index (χ0) is 22.0. The van der Waals surface area contributed by atoms with Crippen molar-refractivity contribution in [3.05, 3.63) is 69.9 Å². The van der Waals surface area contributed by atoms with Crippen LogP contribution in [0, 0.1) is 5.82 Å². The van der Waals surface area contributed by atoms with Gasteiger partial charge in [0.1, 0.15) is 5.82 Å². The highest BCUT2D eigenvalue weighted by Gasteiger charge is 2.34. The number of aryl methyl sites for hydroxylation is 1. The van der Waals surface area contributed by atoms with Crippen LogP contribution in [0.4, 0.5) is 14.9 Å².